The number of carbonyl (C=O) groups excluding carboxylic acids is 2. The lowest BCUT2D eigenvalue weighted by Crippen LogP contribution is -2.45. The first-order valence-electron chi connectivity index (χ1n) is 3.97. The van der Waals surface area contributed by atoms with E-state index >= 15 is 0 Å². The van der Waals surface area contributed by atoms with E-state index in [0.717, 1.165) is 0 Å². The van der Waals surface area contributed by atoms with Gasteiger partial charge in [0, 0.05) is 13.8 Å². The minimum atomic E-state index is -1.09. The van der Waals surface area contributed by atoms with Crippen molar-refractivity contribution in [3.63, 3.8) is 0 Å². The van der Waals surface area contributed by atoms with Gasteiger partial charge in [-0.05, 0) is 0 Å². The molecular formula is C7H14N2O5. The number of hydrogen-bond acceptors (Lipinski definition) is 5. The first kappa shape index (κ1) is 12.8. The van der Waals surface area contributed by atoms with Gasteiger partial charge in [0.15, 0.2) is 0 Å². The molecule has 7 heteroatoms. The van der Waals surface area contributed by atoms with Crippen molar-refractivity contribution < 1.29 is 24.6 Å². The summed E-state index contributed by atoms with van der Waals surface area (Å²) in [5.41, 5.74) is 2.09. The number of amides is 2. The van der Waals surface area contributed by atoms with Crippen molar-refractivity contribution in [2.24, 2.45) is 0 Å². The molecule has 0 fully saturated rings. The van der Waals surface area contributed by atoms with E-state index in [9.17, 15) is 9.59 Å². The molecule has 0 spiro atoms. The highest BCUT2D eigenvalue weighted by Gasteiger charge is 2.12. The Labute approximate surface area is 81.2 Å². The summed E-state index contributed by atoms with van der Waals surface area (Å²) in [5, 5.41) is 17.9. The minimum Gasteiger partial charge on any atom is -0.394 e. The van der Waals surface area contributed by atoms with Crippen LogP contribution in [0.4, 0.5) is 0 Å². The van der Waals surface area contributed by atoms with Gasteiger partial charge in [-0.1, -0.05) is 0 Å². The monoisotopic (exact) mass is 206 g/mol. The fraction of sp³-hybridized carbons (Fsp3) is 0.714. The molecule has 82 valence electrons. The molecule has 0 aliphatic rings. The van der Waals surface area contributed by atoms with Crippen molar-refractivity contribution in [3.8, 4) is 0 Å². The third-order valence-corrected chi connectivity index (χ3v) is 1.15. The van der Waals surface area contributed by atoms with Gasteiger partial charge in [0.05, 0.1) is 6.61 Å². The normalized spacial score (nSPS) is 12.0. The lowest BCUT2D eigenvalue weighted by Gasteiger charge is -2.20. The van der Waals surface area contributed by atoms with Gasteiger partial charge < -0.3 is 10.2 Å². The van der Waals surface area contributed by atoms with Gasteiger partial charge in [-0.25, -0.2) is 10.3 Å². The molecule has 0 aromatic carbocycles. The first-order valence-corrected chi connectivity index (χ1v) is 3.97. The van der Waals surface area contributed by atoms with Gasteiger partial charge >= 0.3 is 0 Å². The van der Waals surface area contributed by atoms with Gasteiger partial charge in [0.2, 0.25) is 5.91 Å². The highest BCUT2D eigenvalue weighted by atomic mass is 16.7. The molecule has 7 nitrogen and oxygen atoms in total. The minimum absolute atomic E-state index is 0.281. The summed E-state index contributed by atoms with van der Waals surface area (Å²) in [4.78, 5) is 26.1. The molecule has 0 heterocycles. The van der Waals surface area contributed by atoms with E-state index in [1.54, 1.807) is 0 Å². The smallest absolute Gasteiger partial charge is 0.263 e. The van der Waals surface area contributed by atoms with Crippen LogP contribution in [0.2, 0.25) is 0 Å². The number of aliphatic hydroxyl groups is 2. The number of rotatable bonds is 4. The van der Waals surface area contributed by atoms with Crippen LogP contribution in [-0.4, -0.2) is 46.5 Å². The maximum absolute atomic E-state index is 10.8. The summed E-state index contributed by atoms with van der Waals surface area (Å²) in [6.07, 6.45) is -1.09. The zero-order valence-corrected chi connectivity index (χ0v) is 8.06. The lowest BCUT2D eigenvalue weighted by atomic mass is 10.4. The van der Waals surface area contributed by atoms with Gasteiger partial charge in [-0.2, -0.15) is 0 Å². The molecule has 14 heavy (non-hydrogen) atoms. The van der Waals surface area contributed by atoms with E-state index in [1.165, 1.54) is 13.8 Å². The summed E-state index contributed by atoms with van der Waals surface area (Å²) in [7, 11) is 0. The predicted octanol–water partition coefficient (Wildman–Crippen LogP) is -1.83. The lowest BCUT2D eigenvalue weighted by molar-refractivity contribution is -0.215. The quantitative estimate of drug-likeness (QED) is 0.470. The summed E-state index contributed by atoms with van der Waals surface area (Å²) in [5.74, 6) is -1.01. The van der Waals surface area contributed by atoms with Crippen molar-refractivity contribution in [1.29, 1.82) is 0 Å². The van der Waals surface area contributed by atoms with Crippen LogP contribution in [0.1, 0.15) is 13.8 Å². The SMILES string of the molecule is CC(=O)NN(OCC(O)CO)C(C)=O. The van der Waals surface area contributed by atoms with Crippen LogP contribution in [-0.2, 0) is 14.4 Å². The van der Waals surface area contributed by atoms with Crippen LogP contribution >= 0.6 is 0 Å². The van der Waals surface area contributed by atoms with Crippen LogP contribution in [0.25, 0.3) is 0 Å². The van der Waals surface area contributed by atoms with Crippen LogP contribution in [0.15, 0.2) is 0 Å². The number of carbonyl (C=O) groups is 2. The van der Waals surface area contributed by atoms with Gasteiger partial charge in [-0.15, -0.1) is 5.17 Å². The second kappa shape index (κ2) is 6.30. The van der Waals surface area contributed by atoms with Gasteiger partial charge in [0.25, 0.3) is 5.91 Å². The molecular weight excluding hydrogens is 192 g/mol. The number of hydrogen-bond donors (Lipinski definition) is 3. The summed E-state index contributed by atoms with van der Waals surface area (Å²) >= 11 is 0. The third-order valence-electron chi connectivity index (χ3n) is 1.15. The molecule has 2 amide bonds. The van der Waals surface area contributed by atoms with Gasteiger partial charge in [0.1, 0.15) is 12.7 Å². The summed E-state index contributed by atoms with van der Waals surface area (Å²) in [6.45, 7) is 1.63. The van der Waals surface area contributed by atoms with Gasteiger partial charge in [-0.3, -0.25) is 9.59 Å². The zero-order chi connectivity index (χ0) is 11.1. The molecule has 1 atom stereocenters. The Morgan fingerprint density at radius 1 is 1.50 bits per heavy atom. The molecule has 0 rings (SSSR count). The second-order valence-corrected chi connectivity index (χ2v) is 2.61. The molecule has 0 bridgehead atoms. The largest absolute Gasteiger partial charge is 0.394 e. The Hall–Kier alpha value is -1.18. The van der Waals surface area contributed by atoms with Crippen LogP contribution in [0, 0.1) is 0 Å². The Kier molecular flexibility index (Phi) is 5.77. The highest BCUT2D eigenvalue weighted by molar-refractivity contribution is 5.78. The zero-order valence-electron chi connectivity index (χ0n) is 8.06. The topological polar surface area (TPSA) is 99.1 Å². The fourth-order valence-corrected chi connectivity index (χ4v) is 0.558. The molecule has 0 radical (unpaired) electrons. The van der Waals surface area contributed by atoms with Crippen LogP contribution < -0.4 is 5.43 Å². The van der Waals surface area contributed by atoms with Crippen molar-refractivity contribution >= 4 is 11.8 Å². The molecule has 0 saturated carbocycles. The highest BCUT2D eigenvalue weighted by Crippen LogP contribution is 1.90. The van der Waals surface area contributed by atoms with E-state index in [0.29, 0.717) is 5.17 Å². The molecule has 0 aromatic rings. The maximum Gasteiger partial charge on any atom is 0.263 e. The van der Waals surface area contributed by atoms with E-state index in [-0.39, 0.29) is 6.61 Å². The van der Waals surface area contributed by atoms with E-state index in [1.807, 2.05) is 0 Å². The third kappa shape index (κ3) is 5.46. The maximum atomic E-state index is 10.8. The van der Waals surface area contributed by atoms with Crippen molar-refractivity contribution in [2.75, 3.05) is 13.2 Å². The van der Waals surface area contributed by atoms with E-state index in [2.05, 4.69) is 5.43 Å². The molecule has 0 aliphatic carbocycles. The average Bonchev–Trinajstić information content (AvgIpc) is 2.10. The number of aliphatic hydroxyl groups excluding tert-OH is 2. The number of nitrogens with one attached hydrogen (secondary N) is 1. The van der Waals surface area contributed by atoms with E-state index < -0.39 is 24.5 Å². The molecule has 1 unspecified atom stereocenters. The van der Waals surface area contributed by atoms with Crippen LogP contribution in [0.3, 0.4) is 0 Å². The Bertz CT molecular complexity index is 208. The molecule has 0 aromatic heterocycles. The molecule has 3 N–H and O–H groups in total. The Balaban J connectivity index is 3.97. The number of hydrazine groups is 1. The van der Waals surface area contributed by atoms with Crippen molar-refractivity contribution in [2.45, 2.75) is 20.0 Å². The first-order chi connectivity index (χ1) is 6.47. The number of nitrogens with zero attached hydrogens (tertiary/aromatic N) is 1. The van der Waals surface area contributed by atoms with E-state index in [4.69, 9.17) is 15.1 Å². The molecule has 0 aliphatic heterocycles. The number of hydroxylamine groups is 1. The average molecular weight is 206 g/mol. The fourth-order valence-electron chi connectivity index (χ4n) is 0.558. The summed E-state index contributed by atoms with van der Waals surface area (Å²) < 4.78 is 0. The van der Waals surface area contributed by atoms with Crippen molar-refractivity contribution in [3.05, 3.63) is 0 Å². The standard InChI is InChI=1S/C7H14N2O5/c1-5(11)8-9(6(2)12)14-4-7(13)3-10/h7,10,13H,3-4H2,1-2H3,(H,8,11). The van der Waals surface area contributed by atoms with Crippen LogP contribution in [0.5, 0.6) is 0 Å². The summed E-state index contributed by atoms with van der Waals surface area (Å²) in [6, 6.07) is 0. The predicted molar refractivity (Wildman–Crippen MR) is 45.4 cm³/mol. The Morgan fingerprint density at radius 2 is 2.07 bits per heavy atom. The van der Waals surface area contributed by atoms with Crippen molar-refractivity contribution in [1.82, 2.24) is 10.6 Å². The second-order valence-electron chi connectivity index (χ2n) is 2.61. The molecule has 0 saturated heterocycles. The Morgan fingerprint density at radius 3 is 2.43 bits per heavy atom.